The Morgan fingerprint density at radius 1 is 1.11 bits per heavy atom. The zero-order chi connectivity index (χ0) is 20.1. The standard InChI is InChI=1S/C23H29N3O2/c1-4-22(27)25-19-9-10-21(20(13-19)23(28)24-14-16(2)3)26-12-11-17-7-5-6-8-18(17)15-26/h5-10,13,16H,4,11-12,14-15H2,1-3H3,(H,24,28)(H,25,27). The molecule has 2 amide bonds. The molecule has 5 heteroatoms. The van der Waals surface area contributed by atoms with Gasteiger partial charge in [0, 0.05) is 37.4 Å². The van der Waals surface area contributed by atoms with Crippen molar-refractivity contribution in [2.45, 2.75) is 40.2 Å². The average molecular weight is 380 g/mol. The Hall–Kier alpha value is -2.82. The highest BCUT2D eigenvalue weighted by Gasteiger charge is 2.22. The molecule has 2 aromatic carbocycles. The summed E-state index contributed by atoms with van der Waals surface area (Å²) in [4.78, 5) is 26.9. The summed E-state index contributed by atoms with van der Waals surface area (Å²) in [6.45, 7) is 8.21. The lowest BCUT2D eigenvalue weighted by Gasteiger charge is -2.32. The molecule has 0 aliphatic carbocycles. The Balaban J connectivity index is 1.90. The van der Waals surface area contributed by atoms with Crippen molar-refractivity contribution in [3.8, 4) is 0 Å². The number of nitrogens with one attached hydrogen (secondary N) is 2. The molecule has 0 saturated carbocycles. The first kappa shape index (κ1) is 19.9. The summed E-state index contributed by atoms with van der Waals surface area (Å²) in [6.07, 6.45) is 1.36. The minimum Gasteiger partial charge on any atom is -0.366 e. The lowest BCUT2D eigenvalue weighted by atomic mass is 9.98. The van der Waals surface area contributed by atoms with E-state index in [1.807, 2.05) is 19.1 Å². The van der Waals surface area contributed by atoms with Crippen molar-refractivity contribution >= 4 is 23.2 Å². The van der Waals surface area contributed by atoms with E-state index in [1.165, 1.54) is 11.1 Å². The van der Waals surface area contributed by atoms with E-state index in [0.717, 1.165) is 25.2 Å². The van der Waals surface area contributed by atoms with Gasteiger partial charge in [-0.1, -0.05) is 45.0 Å². The fraction of sp³-hybridized carbons (Fsp3) is 0.391. The third-order valence-corrected chi connectivity index (χ3v) is 4.99. The topological polar surface area (TPSA) is 61.4 Å². The summed E-state index contributed by atoms with van der Waals surface area (Å²) in [5.74, 6) is 0.209. The molecule has 1 heterocycles. The molecule has 2 aromatic rings. The van der Waals surface area contributed by atoms with Crippen LogP contribution >= 0.6 is 0 Å². The molecule has 5 nitrogen and oxygen atoms in total. The van der Waals surface area contributed by atoms with Crippen LogP contribution in [0, 0.1) is 5.92 Å². The van der Waals surface area contributed by atoms with Gasteiger partial charge in [-0.05, 0) is 41.7 Å². The van der Waals surface area contributed by atoms with Gasteiger partial charge >= 0.3 is 0 Å². The molecule has 0 atom stereocenters. The second-order valence-corrected chi connectivity index (χ2v) is 7.68. The molecule has 0 unspecified atom stereocenters. The molecule has 2 N–H and O–H groups in total. The lowest BCUT2D eigenvalue weighted by molar-refractivity contribution is -0.115. The van der Waals surface area contributed by atoms with Gasteiger partial charge in [-0.2, -0.15) is 0 Å². The Labute approximate surface area is 167 Å². The molecule has 0 aromatic heterocycles. The number of rotatable bonds is 6. The van der Waals surface area contributed by atoms with Crippen molar-refractivity contribution in [3.05, 3.63) is 59.2 Å². The maximum atomic E-state index is 12.9. The van der Waals surface area contributed by atoms with E-state index in [2.05, 4.69) is 53.6 Å². The fourth-order valence-corrected chi connectivity index (χ4v) is 3.41. The van der Waals surface area contributed by atoms with Gasteiger partial charge < -0.3 is 15.5 Å². The van der Waals surface area contributed by atoms with Crippen LogP contribution in [0.3, 0.4) is 0 Å². The average Bonchev–Trinajstić information content (AvgIpc) is 2.71. The Morgan fingerprint density at radius 3 is 2.57 bits per heavy atom. The van der Waals surface area contributed by atoms with Crippen LogP contribution in [0.15, 0.2) is 42.5 Å². The number of anilines is 2. The normalized spacial score (nSPS) is 13.2. The highest BCUT2D eigenvalue weighted by Crippen LogP contribution is 2.29. The molecule has 0 fully saturated rings. The first-order valence-electron chi connectivity index (χ1n) is 10.0. The smallest absolute Gasteiger partial charge is 0.253 e. The number of carbonyl (C=O) groups is 2. The lowest BCUT2D eigenvalue weighted by Crippen LogP contribution is -2.34. The minimum absolute atomic E-state index is 0.0619. The molecule has 0 saturated heterocycles. The number of hydrogen-bond donors (Lipinski definition) is 2. The third kappa shape index (κ3) is 4.71. The molecule has 3 rings (SSSR count). The van der Waals surface area contributed by atoms with Crippen LogP contribution in [0.4, 0.5) is 11.4 Å². The minimum atomic E-state index is -0.102. The van der Waals surface area contributed by atoms with Gasteiger partial charge in [0.05, 0.1) is 5.56 Å². The predicted molar refractivity (Wildman–Crippen MR) is 114 cm³/mol. The number of carbonyl (C=O) groups excluding carboxylic acids is 2. The zero-order valence-corrected chi connectivity index (χ0v) is 16.9. The van der Waals surface area contributed by atoms with Crippen LogP contribution in [0.25, 0.3) is 0 Å². The summed E-state index contributed by atoms with van der Waals surface area (Å²) in [7, 11) is 0. The second kappa shape index (κ2) is 8.91. The van der Waals surface area contributed by atoms with Crippen molar-refractivity contribution in [1.82, 2.24) is 5.32 Å². The van der Waals surface area contributed by atoms with Gasteiger partial charge in [0.2, 0.25) is 5.91 Å². The van der Waals surface area contributed by atoms with Gasteiger partial charge in [0.25, 0.3) is 5.91 Å². The van der Waals surface area contributed by atoms with Crippen LogP contribution in [0.1, 0.15) is 48.7 Å². The zero-order valence-electron chi connectivity index (χ0n) is 16.9. The highest BCUT2D eigenvalue weighted by molar-refractivity contribution is 6.02. The Bertz CT molecular complexity index is 861. The molecule has 1 aliphatic heterocycles. The number of fused-ring (bicyclic) bond motifs is 1. The van der Waals surface area contributed by atoms with E-state index in [0.29, 0.717) is 30.1 Å². The Morgan fingerprint density at radius 2 is 1.86 bits per heavy atom. The third-order valence-electron chi connectivity index (χ3n) is 4.99. The molecule has 1 aliphatic rings. The van der Waals surface area contributed by atoms with E-state index in [9.17, 15) is 9.59 Å². The highest BCUT2D eigenvalue weighted by atomic mass is 16.2. The monoisotopic (exact) mass is 379 g/mol. The van der Waals surface area contributed by atoms with E-state index >= 15 is 0 Å². The number of hydrogen-bond acceptors (Lipinski definition) is 3. The molecule has 0 spiro atoms. The summed E-state index contributed by atoms with van der Waals surface area (Å²) in [6, 6.07) is 14.1. The van der Waals surface area contributed by atoms with Gasteiger partial charge in [0.1, 0.15) is 0 Å². The van der Waals surface area contributed by atoms with E-state index in [4.69, 9.17) is 0 Å². The van der Waals surface area contributed by atoms with Gasteiger partial charge in [-0.15, -0.1) is 0 Å². The maximum absolute atomic E-state index is 12.9. The summed E-state index contributed by atoms with van der Waals surface area (Å²) >= 11 is 0. The van der Waals surface area contributed by atoms with Crippen molar-refractivity contribution in [2.24, 2.45) is 5.92 Å². The summed E-state index contributed by atoms with van der Waals surface area (Å²) in [5.41, 5.74) is 4.84. The molecule has 28 heavy (non-hydrogen) atoms. The molecule has 0 bridgehead atoms. The Kier molecular flexibility index (Phi) is 6.34. The van der Waals surface area contributed by atoms with Gasteiger partial charge in [-0.25, -0.2) is 0 Å². The quantitative estimate of drug-likeness (QED) is 0.798. The second-order valence-electron chi connectivity index (χ2n) is 7.68. The maximum Gasteiger partial charge on any atom is 0.253 e. The van der Waals surface area contributed by atoms with Crippen LogP contribution in [-0.4, -0.2) is 24.9 Å². The van der Waals surface area contributed by atoms with Crippen molar-refractivity contribution in [3.63, 3.8) is 0 Å². The van der Waals surface area contributed by atoms with Gasteiger partial charge in [-0.3, -0.25) is 9.59 Å². The van der Waals surface area contributed by atoms with Crippen molar-refractivity contribution < 1.29 is 9.59 Å². The van der Waals surface area contributed by atoms with Crippen LogP contribution < -0.4 is 15.5 Å². The van der Waals surface area contributed by atoms with E-state index in [-0.39, 0.29) is 11.8 Å². The molecular formula is C23H29N3O2. The fourth-order valence-electron chi connectivity index (χ4n) is 3.41. The summed E-state index contributed by atoms with van der Waals surface area (Å²) < 4.78 is 0. The predicted octanol–water partition coefficient (Wildman–Crippen LogP) is 3.98. The molecule has 148 valence electrons. The van der Waals surface area contributed by atoms with Crippen LogP contribution in [-0.2, 0) is 17.8 Å². The van der Waals surface area contributed by atoms with Crippen LogP contribution in [0.5, 0.6) is 0 Å². The van der Waals surface area contributed by atoms with E-state index < -0.39 is 0 Å². The van der Waals surface area contributed by atoms with E-state index in [1.54, 1.807) is 6.07 Å². The van der Waals surface area contributed by atoms with Crippen LogP contribution in [0.2, 0.25) is 0 Å². The largest absolute Gasteiger partial charge is 0.366 e. The van der Waals surface area contributed by atoms with Crippen molar-refractivity contribution in [1.29, 1.82) is 0 Å². The molecule has 0 radical (unpaired) electrons. The van der Waals surface area contributed by atoms with Gasteiger partial charge in [0.15, 0.2) is 0 Å². The number of nitrogens with zero attached hydrogens (tertiary/aromatic N) is 1. The first-order valence-corrected chi connectivity index (χ1v) is 10.0. The SMILES string of the molecule is CCC(=O)Nc1ccc(N2CCc3ccccc3C2)c(C(=O)NCC(C)C)c1. The summed E-state index contributed by atoms with van der Waals surface area (Å²) in [5, 5.41) is 5.87. The number of amides is 2. The van der Waals surface area contributed by atoms with Crippen molar-refractivity contribution in [2.75, 3.05) is 23.3 Å². The number of benzene rings is 2. The first-order chi connectivity index (χ1) is 13.5. The molecular weight excluding hydrogens is 350 g/mol.